The van der Waals surface area contributed by atoms with Crippen LogP contribution in [-0.2, 0) is 0 Å². The lowest BCUT2D eigenvalue weighted by atomic mass is 10.4. The molecule has 1 heterocycles. The Morgan fingerprint density at radius 1 is 1.50 bits per heavy atom. The monoisotopic (exact) mass is 129 g/mol. The van der Waals surface area contributed by atoms with Gasteiger partial charge in [0.25, 0.3) is 0 Å². The van der Waals surface area contributed by atoms with E-state index in [9.17, 15) is 0 Å². The average molecular weight is 129 g/mol. The minimum absolute atomic E-state index is 0.593. The maximum absolute atomic E-state index is 3.31. The first-order chi connectivity index (χ1) is 3.70. The van der Waals surface area contributed by atoms with Gasteiger partial charge in [-0.05, 0) is 20.8 Å². The summed E-state index contributed by atoms with van der Waals surface area (Å²) in [7, 11) is 0. The molecule has 0 aromatic rings. The summed E-state index contributed by atoms with van der Waals surface area (Å²) in [6.45, 7) is 6.44. The van der Waals surface area contributed by atoms with Gasteiger partial charge in [-0.15, -0.1) is 11.8 Å². The predicted octanol–water partition coefficient (Wildman–Crippen LogP) is 1.92. The zero-order valence-electron chi connectivity index (χ0n) is 5.49. The fourth-order valence-corrected chi connectivity index (χ4v) is 1.79. The third kappa shape index (κ3) is 0.996. The van der Waals surface area contributed by atoms with Gasteiger partial charge in [-0.3, -0.25) is 0 Å². The Bertz CT molecular complexity index is 114. The van der Waals surface area contributed by atoms with Gasteiger partial charge in [0.05, 0.1) is 5.37 Å². The van der Waals surface area contributed by atoms with E-state index in [2.05, 4.69) is 26.1 Å². The van der Waals surface area contributed by atoms with Gasteiger partial charge < -0.3 is 5.32 Å². The Morgan fingerprint density at radius 3 is 2.25 bits per heavy atom. The van der Waals surface area contributed by atoms with Crippen LogP contribution in [0.2, 0.25) is 0 Å². The molecule has 1 unspecified atom stereocenters. The van der Waals surface area contributed by atoms with Crippen LogP contribution in [0, 0.1) is 0 Å². The van der Waals surface area contributed by atoms with Crippen LogP contribution in [0.25, 0.3) is 0 Å². The number of thioether (sulfide) groups is 1. The lowest BCUT2D eigenvalue weighted by molar-refractivity contribution is 0.819. The molecule has 0 spiro atoms. The maximum Gasteiger partial charge on any atom is 0.0735 e. The normalized spacial score (nSPS) is 28.6. The summed E-state index contributed by atoms with van der Waals surface area (Å²) in [6.07, 6.45) is 0. The second kappa shape index (κ2) is 2.02. The molecule has 1 N–H and O–H groups in total. The van der Waals surface area contributed by atoms with Crippen molar-refractivity contribution in [2.75, 3.05) is 0 Å². The first-order valence-electron chi connectivity index (χ1n) is 2.81. The van der Waals surface area contributed by atoms with Gasteiger partial charge in [0.2, 0.25) is 0 Å². The van der Waals surface area contributed by atoms with E-state index in [0.29, 0.717) is 5.37 Å². The molecule has 2 heteroatoms. The second-order valence-corrected chi connectivity index (χ2v) is 3.64. The van der Waals surface area contributed by atoms with Crippen LogP contribution in [-0.4, -0.2) is 5.37 Å². The zero-order chi connectivity index (χ0) is 6.15. The van der Waals surface area contributed by atoms with Gasteiger partial charge in [0, 0.05) is 10.6 Å². The van der Waals surface area contributed by atoms with Crippen molar-refractivity contribution in [3.8, 4) is 0 Å². The summed E-state index contributed by atoms with van der Waals surface area (Å²) in [5, 5.41) is 3.90. The third-order valence-corrected chi connectivity index (χ3v) is 2.43. The molecule has 1 aliphatic rings. The van der Waals surface area contributed by atoms with E-state index < -0.39 is 0 Å². The molecule has 0 amide bonds. The molecule has 1 atom stereocenters. The van der Waals surface area contributed by atoms with Crippen LogP contribution in [0.1, 0.15) is 20.8 Å². The summed E-state index contributed by atoms with van der Waals surface area (Å²) in [5.74, 6) is 0. The van der Waals surface area contributed by atoms with E-state index in [1.165, 1.54) is 10.6 Å². The molecule has 8 heavy (non-hydrogen) atoms. The Hall–Kier alpha value is -0.110. The van der Waals surface area contributed by atoms with E-state index in [0.717, 1.165) is 0 Å². The second-order valence-electron chi connectivity index (χ2n) is 2.09. The molecule has 1 nitrogen and oxygen atoms in total. The molecule has 0 fully saturated rings. The van der Waals surface area contributed by atoms with Crippen molar-refractivity contribution in [1.82, 2.24) is 5.32 Å². The Kier molecular flexibility index (Phi) is 1.52. The SMILES string of the molecule is CC1=C(C)SC(C)N1. The Morgan fingerprint density at radius 2 is 2.12 bits per heavy atom. The first kappa shape index (κ1) is 6.02. The zero-order valence-corrected chi connectivity index (χ0v) is 6.30. The summed E-state index contributed by atoms with van der Waals surface area (Å²) in [5.41, 5.74) is 1.34. The molecule has 0 saturated heterocycles. The lowest BCUT2D eigenvalue weighted by Gasteiger charge is -2.00. The summed E-state index contributed by atoms with van der Waals surface area (Å²) < 4.78 is 0. The molecular formula is C6H11NS. The van der Waals surface area contributed by atoms with Gasteiger partial charge in [-0.1, -0.05) is 0 Å². The quantitative estimate of drug-likeness (QED) is 0.536. The van der Waals surface area contributed by atoms with E-state index >= 15 is 0 Å². The number of nitrogens with one attached hydrogen (secondary N) is 1. The number of rotatable bonds is 0. The molecule has 0 aromatic heterocycles. The average Bonchev–Trinajstić information content (AvgIpc) is 1.85. The highest BCUT2D eigenvalue weighted by atomic mass is 32.2. The summed E-state index contributed by atoms with van der Waals surface area (Å²) >= 11 is 1.90. The smallest absolute Gasteiger partial charge is 0.0735 e. The number of hydrogen-bond donors (Lipinski definition) is 1. The molecule has 0 saturated carbocycles. The molecule has 0 aromatic carbocycles. The van der Waals surface area contributed by atoms with Gasteiger partial charge >= 0.3 is 0 Å². The molecular weight excluding hydrogens is 118 g/mol. The fraction of sp³-hybridized carbons (Fsp3) is 0.667. The summed E-state index contributed by atoms with van der Waals surface area (Å²) in [4.78, 5) is 1.43. The van der Waals surface area contributed by atoms with Crippen molar-refractivity contribution in [3.63, 3.8) is 0 Å². The molecule has 1 rings (SSSR count). The fourth-order valence-electron chi connectivity index (χ4n) is 0.790. The predicted molar refractivity (Wildman–Crippen MR) is 38.6 cm³/mol. The van der Waals surface area contributed by atoms with Crippen LogP contribution < -0.4 is 5.32 Å². The van der Waals surface area contributed by atoms with Crippen LogP contribution in [0.3, 0.4) is 0 Å². The van der Waals surface area contributed by atoms with Crippen LogP contribution in [0.15, 0.2) is 10.6 Å². The highest BCUT2D eigenvalue weighted by Crippen LogP contribution is 2.28. The minimum atomic E-state index is 0.593. The van der Waals surface area contributed by atoms with Crippen molar-refractivity contribution in [1.29, 1.82) is 0 Å². The van der Waals surface area contributed by atoms with Crippen molar-refractivity contribution in [2.45, 2.75) is 26.1 Å². The molecule has 1 aliphatic heterocycles. The van der Waals surface area contributed by atoms with E-state index in [1.54, 1.807) is 0 Å². The van der Waals surface area contributed by atoms with Gasteiger partial charge in [-0.2, -0.15) is 0 Å². The lowest BCUT2D eigenvalue weighted by Crippen LogP contribution is -2.13. The number of allylic oxidation sites excluding steroid dienone is 2. The maximum atomic E-state index is 3.31. The third-order valence-electron chi connectivity index (χ3n) is 1.30. The first-order valence-corrected chi connectivity index (χ1v) is 3.69. The van der Waals surface area contributed by atoms with E-state index in [1.807, 2.05) is 11.8 Å². The van der Waals surface area contributed by atoms with Gasteiger partial charge in [0.1, 0.15) is 0 Å². The van der Waals surface area contributed by atoms with Crippen LogP contribution in [0.4, 0.5) is 0 Å². The number of hydrogen-bond acceptors (Lipinski definition) is 2. The van der Waals surface area contributed by atoms with E-state index in [-0.39, 0.29) is 0 Å². The van der Waals surface area contributed by atoms with Gasteiger partial charge in [-0.25, -0.2) is 0 Å². The molecule has 0 bridgehead atoms. The molecule has 46 valence electrons. The molecule has 0 radical (unpaired) electrons. The Balaban J connectivity index is 2.60. The highest BCUT2D eigenvalue weighted by molar-refractivity contribution is 8.03. The minimum Gasteiger partial charge on any atom is -0.376 e. The van der Waals surface area contributed by atoms with Crippen LogP contribution in [0.5, 0.6) is 0 Å². The van der Waals surface area contributed by atoms with Crippen molar-refractivity contribution >= 4 is 11.8 Å². The van der Waals surface area contributed by atoms with Crippen molar-refractivity contribution in [2.24, 2.45) is 0 Å². The standard InChI is InChI=1S/C6H11NS/c1-4-5(2)8-6(3)7-4/h6-7H,1-3H3. The van der Waals surface area contributed by atoms with Gasteiger partial charge in [0.15, 0.2) is 0 Å². The van der Waals surface area contributed by atoms with Crippen molar-refractivity contribution < 1.29 is 0 Å². The van der Waals surface area contributed by atoms with Crippen LogP contribution >= 0.6 is 11.8 Å². The summed E-state index contributed by atoms with van der Waals surface area (Å²) in [6, 6.07) is 0. The van der Waals surface area contributed by atoms with Crippen molar-refractivity contribution in [3.05, 3.63) is 10.6 Å². The topological polar surface area (TPSA) is 12.0 Å². The Labute approximate surface area is 54.5 Å². The highest BCUT2D eigenvalue weighted by Gasteiger charge is 2.12. The largest absolute Gasteiger partial charge is 0.376 e. The van der Waals surface area contributed by atoms with E-state index in [4.69, 9.17) is 0 Å². The molecule has 0 aliphatic carbocycles.